The second kappa shape index (κ2) is 5.95. The van der Waals surface area contributed by atoms with Crippen LogP contribution in [0.25, 0.3) is 32.9 Å². The molecule has 0 radical (unpaired) electrons. The van der Waals surface area contributed by atoms with Crippen molar-refractivity contribution in [2.24, 2.45) is 4.99 Å². The predicted molar refractivity (Wildman–Crippen MR) is 108 cm³/mol. The van der Waals surface area contributed by atoms with E-state index in [1.54, 1.807) is 12.3 Å². The number of hydrogen-bond donors (Lipinski definition) is 0. The van der Waals surface area contributed by atoms with Crippen molar-refractivity contribution in [3.8, 4) is 0 Å². The summed E-state index contributed by atoms with van der Waals surface area (Å²) in [7, 11) is 0. The van der Waals surface area contributed by atoms with Gasteiger partial charge in [0.05, 0.1) is 5.69 Å². The van der Waals surface area contributed by atoms with Crippen LogP contribution in [0.2, 0.25) is 0 Å². The third-order valence-corrected chi connectivity index (χ3v) is 4.66. The van der Waals surface area contributed by atoms with Crippen molar-refractivity contribution in [2.45, 2.75) is 6.92 Å². The Kier molecular flexibility index (Phi) is 3.44. The van der Waals surface area contributed by atoms with Gasteiger partial charge in [-0.1, -0.05) is 35.9 Å². The lowest BCUT2D eigenvalue weighted by molar-refractivity contribution is 0.560. The molecule has 0 saturated carbocycles. The van der Waals surface area contributed by atoms with Gasteiger partial charge in [-0.15, -0.1) is 0 Å². The first-order valence-electron chi connectivity index (χ1n) is 8.67. The predicted octanol–water partition coefficient (Wildman–Crippen LogP) is 5.75. The van der Waals surface area contributed by atoms with Gasteiger partial charge in [-0.2, -0.15) is 0 Å². The van der Waals surface area contributed by atoms with Crippen LogP contribution in [0, 0.1) is 6.92 Å². The normalized spacial score (nSPS) is 11.9. The molecule has 2 aromatic heterocycles. The average molecular weight is 353 g/mol. The molecule has 27 heavy (non-hydrogen) atoms. The molecule has 0 atom stereocenters. The molecule has 0 aliphatic heterocycles. The van der Waals surface area contributed by atoms with Gasteiger partial charge in [0.15, 0.2) is 0 Å². The maximum atomic E-state index is 12.0. The highest BCUT2D eigenvalue weighted by atomic mass is 16.4. The third kappa shape index (κ3) is 2.72. The fourth-order valence-electron chi connectivity index (χ4n) is 3.29. The fourth-order valence-corrected chi connectivity index (χ4v) is 3.29. The summed E-state index contributed by atoms with van der Waals surface area (Å²) in [6.45, 7) is 2.03. The zero-order chi connectivity index (χ0) is 18.4. The Morgan fingerprint density at radius 2 is 1.56 bits per heavy atom. The standard InChI is InChI=1S/C23H15NO3/c1-14-6-8-16(9-7-14)24-13-15-10-23(25)27-21-12-22-19(11-18(15)21)17-4-2-3-5-20(17)26-22/h2-13H,1H3. The van der Waals surface area contributed by atoms with Crippen molar-refractivity contribution in [3.05, 3.63) is 88.3 Å². The molecule has 0 aliphatic carbocycles. The van der Waals surface area contributed by atoms with Gasteiger partial charge in [-0.25, -0.2) is 4.79 Å². The van der Waals surface area contributed by atoms with Gasteiger partial charge >= 0.3 is 5.63 Å². The van der Waals surface area contributed by atoms with Gasteiger partial charge in [-0.3, -0.25) is 4.99 Å². The average Bonchev–Trinajstić information content (AvgIpc) is 3.03. The molecule has 0 bridgehead atoms. The van der Waals surface area contributed by atoms with Crippen molar-refractivity contribution in [2.75, 3.05) is 0 Å². The first kappa shape index (κ1) is 15.6. The first-order valence-corrected chi connectivity index (χ1v) is 8.67. The highest BCUT2D eigenvalue weighted by molar-refractivity contribution is 6.11. The van der Waals surface area contributed by atoms with E-state index < -0.39 is 5.63 Å². The van der Waals surface area contributed by atoms with E-state index in [0.29, 0.717) is 16.7 Å². The molecule has 0 unspecified atom stereocenters. The van der Waals surface area contributed by atoms with E-state index >= 15 is 0 Å². The second-order valence-corrected chi connectivity index (χ2v) is 6.56. The van der Waals surface area contributed by atoms with Crippen LogP contribution in [0.5, 0.6) is 0 Å². The summed E-state index contributed by atoms with van der Waals surface area (Å²) in [4.78, 5) is 16.5. The molecule has 3 aromatic carbocycles. The molecule has 4 heteroatoms. The van der Waals surface area contributed by atoms with E-state index in [2.05, 4.69) is 4.99 Å². The molecule has 0 N–H and O–H groups in total. The summed E-state index contributed by atoms with van der Waals surface area (Å²) in [5.74, 6) is 0. The van der Waals surface area contributed by atoms with Gasteiger partial charge in [0, 0.05) is 40.1 Å². The monoisotopic (exact) mass is 353 g/mol. The van der Waals surface area contributed by atoms with Crippen LogP contribution in [-0.4, -0.2) is 6.21 Å². The van der Waals surface area contributed by atoms with Crippen LogP contribution in [0.3, 0.4) is 0 Å². The minimum Gasteiger partial charge on any atom is -0.456 e. The zero-order valence-electron chi connectivity index (χ0n) is 14.6. The number of hydrogen-bond acceptors (Lipinski definition) is 4. The number of aryl methyl sites for hydroxylation is 1. The molecule has 5 aromatic rings. The van der Waals surface area contributed by atoms with Crippen molar-refractivity contribution in [1.29, 1.82) is 0 Å². The maximum absolute atomic E-state index is 12.0. The Morgan fingerprint density at radius 3 is 2.41 bits per heavy atom. The topological polar surface area (TPSA) is 55.7 Å². The van der Waals surface area contributed by atoms with Crippen LogP contribution in [0.15, 0.2) is 85.4 Å². The molecule has 0 saturated heterocycles. The zero-order valence-corrected chi connectivity index (χ0v) is 14.6. The highest BCUT2D eigenvalue weighted by Gasteiger charge is 2.11. The summed E-state index contributed by atoms with van der Waals surface area (Å²) >= 11 is 0. The van der Waals surface area contributed by atoms with Gasteiger partial charge in [-0.05, 0) is 31.2 Å². The summed E-state index contributed by atoms with van der Waals surface area (Å²) in [5, 5.41) is 2.84. The van der Waals surface area contributed by atoms with E-state index in [9.17, 15) is 4.79 Å². The molecule has 2 heterocycles. The maximum Gasteiger partial charge on any atom is 0.336 e. The van der Waals surface area contributed by atoms with Crippen molar-refractivity contribution in [1.82, 2.24) is 0 Å². The number of nitrogens with zero attached hydrogens (tertiary/aromatic N) is 1. The third-order valence-electron chi connectivity index (χ3n) is 4.66. The van der Waals surface area contributed by atoms with Crippen LogP contribution < -0.4 is 5.63 Å². The van der Waals surface area contributed by atoms with Gasteiger partial charge in [0.25, 0.3) is 0 Å². The number of para-hydroxylation sites is 1. The van der Waals surface area contributed by atoms with Crippen molar-refractivity contribution >= 4 is 44.8 Å². The van der Waals surface area contributed by atoms with E-state index in [-0.39, 0.29) is 0 Å². The molecule has 0 aliphatic rings. The number of rotatable bonds is 2. The SMILES string of the molecule is Cc1ccc(N=Cc2cc(=O)oc3cc4oc5ccccc5c4cc23)cc1. The Balaban J connectivity index is 1.74. The highest BCUT2D eigenvalue weighted by Crippen LogP contribution is 2.32. The summed E-state index contributed by atoms with van der Waals surface area (Å²) in [6, 6.07) is 21.0. The summed E-state index contributed by atoms with van der Waals surface area (Å²) < 4.78 is 11.3. The molecule has 5 rings (SSSR count). The van der Waals surface area contributed by atoms with Crippen molar-refractivity contribution < 1.29 is 8.83 Å². The lowest BCUT2D eigenvalue weighted by atomic mass is 10.1. The van der Waals surface area contributed by atoms with E-state index in [4.69, 9.17) is 8.83 Å². The summed E-state index contributed by atoms with van der Waals surface area (Å²) in [6.07, 6.45) is 1.71. The Hall–Kier alpha value is -3.66. The van der Waals surface area contributed by atoms with Gasteiger partial charge < -0.3 is 8.83 Å². The van der Waals surface area contributed by atoms with Crippen LogP contribution in [-0.2, 0) is 0 Å². The Bertz CT molecular complexity index is 1390. The molecule has 0 amide bonds. The minimum atomic E-state index is -0.414. The largest absolute Gasteiger partial charge is 0.456 e. The van der Waals surface area contributed by atoms with E-state index in [1.807, 2.05) is 61.5 Å². The van der Waals surface area contributed by atoms with Crippen molar-refractivity contribution in [3.63, 3.8) is 0 Å². The molecule has 0 spiro atoms. The van der Waals surface area contributed by atoms with Crippen LogP contribution in [0.4, 0.5) is 5.69 Å². The van der Waals surface area contributed by atoms with Crippen LogP contribution >= 0.6 is 0 Å². The van der Waals surface area contributed by atoms with Gasteiger partial charge in [0.1, 0.15) is 16.7 Å². The molecule has 130 valence electrons. The number of benzene rings is 3. The molecular weight excluding hydrogens is 338 g/mol. The smallest absolute Gasteiger partial charge is 0.336 e. The number of furan rings is 1. The lowest BCUT2D eigenvalue weighted by Gasteiger charge is -2.01. The second-order valence-electron chi connectivity index (χ2n) is 6.56. The van der Waals surface area contributed by atoms with Crippen LogP contribution in [0.1, 0.15) is 11.1 Å². The fraction of sp³-hybridized carbons (Fsp3) is 0.0435. The quantitative estimate of drug-likeness (QED) is 0.300. The molecule has 0 fully saturated rings. The van der Waals surface area contributed by atoms with E-state index in [0.717, 1.165) is 27.4 Å². The lowest BCUT2D eigenvalue weighted by Crippen LogP contribution is -2.00. The molecule has 4 nitrogen and oxygen atoms in total. The van der Waals surface area contributed by atoms with E-state index in [1.165, 1.54) is 11.6 Å². The Morgan fingerprint density at radius 1 is 0.778 bits per heavy atom. The Labute approximate surface area is 154 Å². The number of aliphatic imine (C=N–C) groups is 1. The minimum absolute atomic E-state index is 0.414. The molecular formula is C23H15NO3. The van der Waals surface area contributed by atoms with Gasteiger partial charge in [0.2, 0.25) is 0 Å². The number of fused-ring (bicyclic) bond motifs is 4. The summed E-state index contributed by atoms with van der Waals surface area (Å²) in [5.41, 5.74) is 4.29. The first-order chi connectivity index (χ1) is 13.2.